The Morgan fingerprint density at radius 1 is 1.09 bits per heavy atom. The Bertz CT molecular complexity index is 1370. The molecule has 0 bridgehead atoms. The number of rotatable bonds is 6. The molecule has 4 rings (SSSR count). The van der Waals surface area contributed by atoms with Gasteiger partial charge in [-0.2, -0.15) is 0 Å². The standard InChI is InChI=1S/C23H18F2N4O3/c1-32-21-6-7-27-20-5-3-14(8-16(20)21)10-28-22(30)17-11-26-13-29(23(17)31)12-15-2-4-18(24)19(25)9-15/h2-9,11,13H,10,12H2,1H3,(H,28,30). The summed E-state index contributed by atoms with van der Waals surface area (Å²) in [5.41, 5.74) is 1.17. The maximum Gasteiger partial charge on any atom is 0.266 e. The van der Waals surface area contributed by atoms with Crippen LogP contribution in [0.4, 0.5) is 8.78 Å². The van der Waals surface area contributed by atoms with Crippen LogP contribution in [0.2, 0.25) is 0 Å². The number of carbonyl (C=O) groups is 1. The van der Waals surface area contributed by atoms with Crippen molar-refractivity contribution in [1.29, 1.82) is 0 Å². The average molecular weight is 436 g/mol. The van der Waals surface area contributed by atoms with Crippen LogP contribution in [0, 0.1) is 11.6 Å². The van der Waals surface area contributed by atoms with E-state index >= 15 is 0 Å². The molecule has 0 saturated heterocycles. The van der Waals surface area contributed by atoms with Gasteiger partial charge in [-0.3, -0.25) is 19.1 Å². The number of nitrogens with zero attached hydrogens (tertiary/aromatic N) is 3. The predicted octanol–water partition coefficient (Wildman–Crippen LogP) is 3.06. The Morgan fingerprint density at radius 3 is 2.69 bits per heavy atom. The predicted molar refractivity (Wildman–Crippen MR) is 113 cm³/mol. The molecule has 1 N–H and O–H groups in total. The van der Waals surface area contributed by atoms with E-state index in [-0.39, 0.29) is 18.7 Å². The Kier molecular flexibility index (Phi) is 5.89. The van der Waals surface area contributed by atoms with Gasteiger partial charge >= 0.3 is 0 Å². The number of hydrogen-bond acceptors (Lipinski definition) is 5. The molecule has 0 atom stereocenters. The van der Waals surface area contributed by atoms with Crippen molar-refractivity contribution in [2.24, 2.45) is 0 Å². The normalized spacial score (nSPS) is 10.8. The fourth-order valence-electron chi connectivity index (χ4n) is 3.29. The van der Waals surface area contributed by atoms with Crippen molar-refractivity contribution in [3.05, 3.63) is 99.9 Å². The molecule has 0 aliphatic rings. The van der Waals surface area contributed by atoms with Gasteiger partial charge in [0.2, 0.25) is 0 Å². The zero-order valence-corrected chi connectivity index (χ0v) is 17.0. The van der Waals surface area contributed by atoms with E-state index in [9.17, 15) is 18.4 Å². The molecule has 32 heavy (non-hydrogen) atoms. The zero-order chi connectivity index (χ0) is 22.7. The topological polar surface area (TPSA) is 86.1 Å². The summed E-state index contributed by atoms with van der Waals surface area (Å²) in [6.45, 7) is 0.117. The van der Waals surface area contributed by atoms with Gasteiger partial charge in [0.25, 0.3) is 11.5 Å². The average Bonchev–Trinajstić information content (AvgIpc) is 2.80. The van der Waals surface area contributed by atoms with Gasteiger partial charge in [0.15, 0.2) is 11.6 Å². The summed E-state index contributed by atoms with van der Waals surface area (Å²) in [5.74, 6) is -1.93. The summed E-state index contributed by atoms with van der Waals surface area (Å²) in [6, 6.07) is 10.6. The molecule has 1 amide bonds. The van der Waals surface area contributed by atoms with Gasteiger partial charge in [0.1, 0.15) is 11.3 Å². The summed E-state index contributed by atoms with van der Waals surface area (Å²) in [7, 11) is 1.57. The van der Waals surface area contributed by atoms with Gasteiger partial charge in [0.05, 0.1) is 25.5 Å². The number of ether oxygens (including phenoxy) is 1. The van der Waals surface area contributed by atoms with E-state index in [1.807, 2.05) is 18.2 Å². The van der Waals surface area contributed by atoms with Crippen LogP contribution in [0.3, 0.4) is 0 Å². The summed E-state index contributed by atoms with van der Waals surface area (Å²) in [4.78, 5) is 33.5. The number of fused-ring (bicyclic) bond motifs is 1. The second-order valence-corrected chi connectivity index (χ2v) is 7.04. The molecular formula is C23H18F2N4O3. The highest BCUT2D eigenvalue weighted by molar-refractivity contribution is 5.93. The first kappa shape index (κ1) is 21.1. The molecule has 2 aromatic carbocycles. The van der Waals surface area contributed by atoms with E-state index in [1.165, 1.54) is 18.6 Å². The first-order valence-electron chi connectivity index (χ1n) is 9.64. The fourth-order valence-corrected chi connectivity index (χ4v) is 3.29. The number of benzene rings is 2. The SMILES string of the molecule is COc1ccnc2ccc(CNC(=O)c3cncn(Cc4ccc(F)c(F)c4)c3=O)cc12. The molecule has 0 aliphatic carbocycles. The van der Waals surface area contributed by atoms with Crippen molar-refractivity contribution in [2.75, 3.05) is 7.11 Å². The third-order valence-corrected chi connectivity index (χ3v) is 4.92. The quantitative estimate of drug-likeness (QED) is 0.502. The van der Waals surface area contributed by atoms with Crippen LogP contribution < -0.4 is 15.6 Å². The molecular weight excluding hydrogens is 418 g/mol. The molecule has 7 nitrogen and oxygen atoms in total. The number of carbonyl (C=O) groups excluding carboxylic acids is 1. The fraction of sp³-hybridized carbons (Fsp3) is 0.130. The smallest absolute Gasteiger partial charge is 0.266 e. The molecule has 2 heterocycles. The molecule has 4 aromatic rings. The first-order chi connectivity index (χ1) is 15.5. The van der Waals surface area contributed by atoms with Crippen molar-refractivity contribution in [3.63, 3.8) is 0 Å². The Morgan fingerprint density at radius 2 is 1.91 bits per heavy atom. The second-order valence-electron chi connectivity index (χ2n) is 7.04. The number of hydrogen-bond donors (Lipinski definition) is 1. The highest BCUT2D eigenvalue weighted by Crippen LogP contribution is 2.24. The lowest BCUT2D eigenvalue weighted by Crippen LogP contribution is -2.33. The number of aromatic nitrogens is 3. The minimum Gasteiger partial charge on any atom is -0.496 e. The van der Waals surface area contributed by atoms with Crippen LogP contribution in [0.15, 0.2) is 66.0 Å². The van der Waals surface area contributed by atoms with Crippen LogP contribution in [-0.2, 0) is 13.1 Å². The molecule has 0 fully saturated rings. The third kappa shape index (κ3) is 4.31. The molecule has 0 spiro atoms. The van der Waals surface area contributed by atoms with E-state index in [0.29, 0.717) is 11.3 Å². The van der Waals surface area contributed by atoms with Crippen molar-refractivity contribution in [3.8, 4) is 5.75 Å². The summed E-state index contributed by atoms with van der Waals surface area (Å²) >= 11 is 0. The van der Waals surface area contributed by atoms with Crippen LogP contribution >= 0.6 is 0 Å². The van der Waals surface area contributed by atoms with Gasteiger partial charge in [-0.05, 0) is 41.5 Å². The Labute approximate surface area is 181 Å². The summed E-state index contributed by atoms with van der Waals surface area (Å²) in [6.07, 6.45) is 4.06. The van der Waals surface area contributed by atoms with E-state index in [0.717, 1.165) is 33.2 Å². The molecule has 9 heteroatoms. The lowest BCUT2D eigenvalue weighted by atomic mass is 10.1. The molecule has 0 unspecified atom stereocenters. The van der Waals surface area contributed by atoms with Gasteiger partial charge in [0, 0.05) is 24.3 Å². The highest BCUT2D eigenvalue weighted by atomic mass is 19.2. The molecule has 0 radical (unpaired) electrons. The Hall–Kier alpha value is -4.14. The third-order valence-electron chi connectivity index (χ3n) is 4.92. The minimum atomic E-state index is -1.01. The summed E-state index contributed by atoms with van der Waals surface area (Å²) < 4.78 is 33.1. The highest BCUT2D eigenvalue weighted by Gasteiger charge is 2.14. The lowest BCUT2D eigenvalue weighted by Gasteiger charge is -2.10. The van der Waals surface area contributed by atoms with Crippen LogP contribution in [0.5, 0.6) is 5.75 Å². The summed E-state index contributed by atoms with van der Waals surface area (Å²) in [5, 5.41) is 3.51. The van der Waals surface area contributed by atoms with Gasteiger partial charge in [-0.1, -0.05) is 12.1 Å². The second kappa shape index (κ2) is 8.93. The Balaban J connectivity index is 1.51. The number of amides is 1. The van der Waals surface area contributed by atoms with E-state index in [2.05, 4.69) is 15.3 Å². The van der Waals surface area contributed by atoms with Crippen LogP contribution in [-0.4, -0.2) is 27.6 Å². The van der Waals surface area contributed by atoms with Gasteiger partial charge in [-0.15, -0.1) is 0 Å². The number of halogens is 2. The monoisotopic (exact) mass is 436 g/mol. The lowest BCUT2D eigenvalue weighted by molar-refractivity contribution is 0.0948. The zero-order valence-electron chi connectivity index (χ0n) is 17.0. The van der Waals surface area contributed by atoms with Crippen molar-refractivity contribution < 1.29 is 18.3 Å². The van der Waals surface area contributed by atoms with E-state index in [4.69, 9.17) is 4.74 Å². The first-order valence-corrected chi connectivity index (χ1v) is 9.64. The maximum atomic E-state index is 13.4. The number of pyridine rings is 1. The van der Waals surface area contributed by atoms with Crippen molar-refractivity contribution >= 4 is 16.8 Å². The maximum absolute atomic E-state index is 13.4. The molecule has 162 valence electrons. The van der Waals surface area contributed by atoms with Gasteiger partial charge in [-0.25, -0.2) is 13.8 Å². The van der Waals surface area contributed by atoms with Crippen molar-refractivity contribution in [2.45, 2.75) is 13.1 Å². The number of methoxy groups -OCH3 is 1. The minimum absolute atomic E-state index is 0.0539. The van der Waals surface area contributed by atoms with E-state index < -0.39 is 23.1 Å². The molecule has 0 aliphatic heterocycles. The largest absolute Gasteiger partial charge is 0.496 e. The number of nitrogens with one attached hydrogen (secondary N) is 1. The van der Waals surface area contributed by atoms with Crippen LogP contribution in [0.25, 0.3) is 10.9 Å². The van der Waals surface area contributed by atoms with Gasteiger partial charge < -0.3 is 10.1 Å². The molecule has 0 saturated carbocycles. The van der Waals surface area contributed by atoms with E-state index in [1.54, 1.807) is 19.4 Å². The van der Waals surface area contributed by atoms with Crippen molar-refractivity contribution in [1.82, 2.24) is 19.9 Å². The van der Waals surface area contributed by atoms with Crippen LogP contribution in [0.1, 0.15) is 21.5 Å². The molecule has 2 aromatic heterocycles.